The molecule has 1 rings (SSSR count). The minimum atomic E-state index is -0.816. The first kappa shape index (κ1) is 22.1. The van der Waals surface area contributed by atoms with Crippen LogP contribution in [0.3, 0.4) is 0 Å². The molecule has 148 valence electrons. The van der Waals surface area contributed by atoms with Crippen LogP contribution in [0.25, 0.3) is 6.08 Å². The van der Waals surface area contributed by atoms with E-state index in [0.29, 0.717) is 12.0 Å². The van der Waals surface area contributed by atoms with Crippen LogP contribution in [0.5, 0.6) is 5.75 Å². The molecule has 0 heterocycles. The monoisotopic (exact) mass is 381 g/mol. The lowest BCUT2D eigenvalue weighted by Crippen LogP contribution is -2.47. The zero-order valence-corrected chi connectivity index (χ0v) is 15.8. The van der Waals surface area contributed by atoms with Crippen molar-refractivity contribution in [3.8, 4) is 5.75 Å². The Morgan fingerprint density at radius 2 is 1.96 bits per heavy atom. The average molecular weight is 381 g/mol. The number of hydrogen-bond acceptors (Lipinski definition) is 6. The van der Waals surface area contributed by atoms with E-state index in [1.54, 1.807) is 13.0 Å². The first-order chi connectivity index (χ1) is 12.8. The van der Waals surface area contributed by atoms with Crippen LogP contribution >= 0.6 is 0 Å². The molecule has 7 nitrogen and oxygen atoms in total. The maximum Gasteiger partial charge on any atom is 0.331 e. The van der Waals surface area contributed by atoms with E-state index in [1.807, 2.05) is 6.92 Å². The topological polar surface area (TPSA) is 90.9 Å². The molecule has 1 aromatic carbocycles. The molecule has 0 spiro atoms. The summed E-state index contributed by atoms with van der Waals surface area (Å²) in [6.07, 6.45) is 3.07. The highest BCUT2D eigenvalue weighted by atomic mass is 19.1. The molecule has 0 unspecified atom stereocenters. The Morgan fingerprint density at radius 3 is 2.52 bits per heavy atom. The van der Waals surface area contributed by atoms with Crippen molar-refractivity contribution in [2.45, 2.75) is 26.3 Å². The third kappa shape index (κ3) is 7.08. The summed E-state index contributed by atoms with van der Waals surface area (Å²) in [7, 11) is 2.58. The normalized spacial score (nSPS) is 12.9. The molecule has 1 N–H and O–H groups in total. The van der Waals surface area contributed by atoms with Crippen molar-refractivity contribution in [3.05, 3.63) is 35.7 Å². The van der Waals surface area contributed by atoms with Crippen molar-refractivity contribution in [2.75, 3.05) is 20.8 Å². The molecule has 2 atom stereocenters. The Kier molecular flexibility index (Phi) is 8.98. The largest absolute Gasteiger partial charge is 0.494 e. The van der Waals surface area contributed by atoms with Crippen molar-refractivity contribution in [2.24, 2.45) is 5.92 Å². The van der Waals surface area contributed by atoms with Crippen LogP contribution in [-0.4, -0.2) is 44.7 Å². The number of hydrogen-bond donors (Lipinski definition) is 1. The Morgan fingerprint density at radius 1 is 1.26 bits per heavy atom. The first-order valence-corrected chi connectivity index (χ1v) is 8.37. The van der Waals surface area contributed by atoms with Crippen LogP contribution in [0.4, 0.5) is 4.39 Å². The van der Waals surface area contributed by atoms with Crippen LogP contribution in [0.1, 0.15) is 25.8 Å². The van der Waals surface area contributed by atoms with Gasteiger partial charge in [-0.15, -0.1) is 0 Å². The first-order valence-electron chi connectivity index (χ1n) is 8.37. The summed E-state index contributed by atoms with van der Waals surface area (Å²) in [5, 5.41) is 2.49. The van der Waals surface area contributed by atoms with Gasteiger partial charge < -0.3 is 19.5 Å². The van der Waals surface area contributed by atoms with Gasteiger partial charge in [-0.1, -0.05) is 26.3 Å². The number of ether oxygens (including phenoxy) is 3. The molecule has 1 amide bonds. The molecule has 0 aliphatic carbocycles. The van der Waals surface area contributed by atoms with Gasteiger partial charge in [-0.25, -0.2) is 14.0 Å². The number of rotatable bonds is 9. The van der Waals surface area contributed by atoms with Crippen molar-refractivity contribution in [1.82, 2.24) is 5.32 Å². The number of methoxy groups -OCH3 is 2. The van der Waals surface area contributed by atoms with E-state index in [1.165, 1.54) is 32.4 Å². The summed E-state index contributed by atoms with van der Waals surface area (Å²) in [6, 6.07) is 3.37. The lowest BCUT2D eigenvalue weighted by molar-refractivity contribution is -0.148. The number of benzene rings is 1. The van der Waals surface area contributed by atoms with Gasteiger partial charge >= 0.3 is 11.9 Å². The lowest BCUT2D eigenvalue weighted by Gasteiger charge is -2.21. The third-order valence-corrected chi connectivity index (χ3v) is 3.92. The fourth-order valence-corrected chi connectivity index (χ4v) is 2.15. The zero-order chi connectivity index (χ0) is 20.4. The molecule has 0 saturated heterocycles. The Bertz CT molecular complexity index is 703. The van der Waals surface area contributed by atoms with E-state index < -0.39 is 36.3 Å². The second-order valence-electron chi connectivity index (χ2n) is 5.79. The van der Waals surface area contributed by atoms with Crippen molar-refractivity contribution < 1.29 is 33.0 Å². The highest BCUT2D eigenvalue weighted by Crippen LogP contribution is 2.18. The number of carbonyl (C=O) groups excluding carboxylic acids is 3. The molecule has 0 aliphatic rings. The fourth-order valence-electron chi connectivity index (χ4n) is 2.15. The maximum atomic E-state index is 13.6. The molecule has 27 heavy (non-hydrogen) atoms. The van der Waals surface area contributed by atoms with Crippen LogP contribution < -0.4 is 10.1 Å². The molecule has 0 bridgehead atoms. The summed E-state index contributed by atoms with van der Waals surface area (Å²) < 4.78 is 27.9. The van der Waals surface area contributed by atoms with E-state index in [-0.39, 0.29) is 11.7 Å². The van der Waals surface area contributed by atoms with E-state index >= 15 is 0 Å². The number of carbonyl (C=O) groups is 3. The van der Waals surface area contributed by atoms with Crippen LogP contribution in [0.15, 0.2) is 24.3 Å². The van der Waals surface area contributed by atoms with Crippen LogP contribution in [0, 0.1) is 11.7 Å². The maximum absolute atomic E-state index is 13.6. The standard InChI is InChI=1S/C19H24FNO6/c1-5-12(2)18(19(24)26-4)21-16(22)11-27-17(23)9-7-13-6-8-15(25-3)14(20)10-13/h6-10,12,18H,5,11H2,1-4H3,(H,21,22)/b9-7+/t12-,18-/m0/s1. The van der Waals surface area contributed by atoms with Crippen molar-refractivity contribution in [1.29, 1.82) is 0 Å². The molecule has 0 fully saturated rings. The van der Waals surface area contributed by atoms with Crippen molar-refractivity contribution in [3.63, 3.8) is 0 Å². The highest BCUT2D eigenvalue weighted by molar-refractivity contribution is 5.90. The molecule has 8 heteroatoms. The van der Waals surface area contributed by atoms with Gasteiger partial charge in [0.2, 0.25) is 0 Å². The van der Waals surface area contributed by atoms with Gasteiger partial charge in [0, 0.05) is 6.08 Å². The SMILES string of the molecule is CC[C@H](C)[C@H](NC(=O)COC(=O)/C=C/c1ccc(OC)c(F)c1)C(=O)OC. The average Bonchev–Trinajstić information content (AvgIpc) is 2.67. The second-order valence-corrected chi connectivity index (χ2v) is 5.79. The highest BCUT2D eigenvalue weighted by Gasteiger charge is 2.26. The quantitative estimate of drug-likeness (QED) is 0.520. The van der Waals surface area contributed by atoms with Crippen molar-refractivity contribution >= 4 is 23.9 Å². The summed E-state index contributed by atoms with van der Waals surface area (Å²) >= 11 is 0. The summed E-state index contributed by atoms with van der Waals surface area (Å²) in [4.78, 5) is 35.3. The number of esters is 2. The molecule has 0 aromatic heterocycles. The number of amides is 1. The molecule has 0 saturated carbocycles. The van der Waals surface area contributed by atoms with Gasteiger partial charge in [0.25, 0.3) is 5.91 Å². The van der Waals surface area contributed by atoms with Gasteiger partial charge in [-0.2, -0.15) is 0 Å². The van der Waals surface area contributed by atoms with E-state index in [4.69, 9.17) is 9.47 Å². The third-order valence-electron chi connectivity index (χ3n) is 3.92. The molecule has 0 radical (unpaired) electrons. The summed E-state index contributed by atoms with van der Waals surface area (Å²) in [5.41, 5.74) is 0.428. The second kappa shape index (κ2) is 10.9. The summed E-state index contributed by atoms with van der Waals surface area (Å²) in [6.45, 7) is 3.12. The summed E-state index contributed by atoms with van der Waals surface area (Å²) in [5.74, 6) is -2.57. The molecule has 1 aromatic rings. The van der Waals surface area contributed by atoms with E-state index in [0.717, 1.165) is 6.08 Å². The smallest absolute Gasteiger partial charge is 0.331 e. The molecular formula is C19H24FNO6. The van der Waals surface area contributed by atoms with E-state index in [2.05, 4.69) is 10.1 Å². The number of nitrogens with one attached hydrogen (secondary N) is 1. The number of halogens is 1. The van der Waals surface area contributed by atoms with Gasteiger partial charge in [-0.3, -0.25) is 4.79 Å². The minimum Gasteiger partial charge on any atom is -0.494 e. The predicted molar refractivity (Wildman–Crippen MR) is 96.3 cm³/mol. The Labute approximate surface area is 157 Å². The van der Waals surface area contributed by atoms with Gasteiger partial charge in [0.1, 0.15) is 6.04 Å². The van der Waals surface area contributed by atoms with E-state index in [9.17, 15) is 18.8 Å². The Balaban J connectivity index is 2.56. The minimum absolute atomic E-state index is 0.0906. The fraction of sp³-hybridized carbons (Fsp3) is 0.421. The van der Waals surface area contributed by atoms with Crippen LogP contribution in [0.2, 0.25) is 0 Å². The Hall–Kier alpha value is -2.90. The zero-order valence-electron chi connectivity index (χ0n) is 15.8. The molecular weight excluding hydrogens is 357 g/mol. The predicted octanol–water partition coefficient (Wildman–Crippen LogP) is 2.09. The lowest BCUT2D eigenvalue weighted by atomic mass is 9.99. The van der Waals surface area contributed by atoms with Gasteiger partial charge in [-0.05, 0) is 29.7 Å². The van der Waals surface area contributed by atoms with Gasteiger partial charge in [0.15, 0.2) is 18.2 Å². The van der Waals surface area contributed by atoms with Crippen LogP contribution in [-0.2, 0) is 23.9 Å². The molecule has 0 aliphatic heterocycles. The van der Waals surface area contributed by atoms with Gasteiger partial charge in [0.05, 0.1) is 14.2 Å².